The number of aliphatic hydroxyl groups is 1. The van der Waals surface area contributed by atoms with Gasteiger partial charge in [-0.1, -0.05) is 0 Å². The summed E-state index contributed by atoms with van der Waals surface area (Å²) in [6.45, 7) is 2.11. The molecule has 0 aliphatic carbocycles. The highest BCUT2D eigenvalue weighted by atomic mass is 32.2. The molecule has 1 N–H and O–H groups in total. The molecule has 2 saturated heterocycles. The molecule has 0 spiro atoms. The SMILES string of the molecule is CO[C@@H]1C2SC[C@@]1(CO)O[C@H]2C. The second-order valence-corrected chi connectivity index (χ2v) is 4.64. The van der Waals surface area contributed by atoms with Crippen molar-refractivity contribution in [2.24, 2.45) is 0 Å². The summed E-state index contributed by atoms with van der Waals surface area (Å²) >= 11 is 1.85. The number of rotatable bonds is 2. The van der Waals surface area contributed by atoms with Crippen LogP contribution in [-0.2, 0) is 9.47 Å². The maximum atomic E-state index is 9.24. The average Bonchev–Trinajstić information content (AvgIpc) is 2.56. The van der Waals surface area contributed by atoms with Crippen molar-refractivity contribution in [3.8, 4) is 0 Å². The van der Waals surface area contributed by atoms with Gasteiger partial charge in [0.25, 0.3) is 0 Å². The van der Waals surface area contributed by atoms with Crippen molar-refractivity contribution in [3.05, 3.63) is 0 Å². The zero-order valence-corrected chi connectivity index (χ0v) is 8.13. The Bertz CT molecular complexity index is 187. The van der Waals surface area contributed by atoms with E-state index in [4.69, 9.17) is 9.47 Å². The first kappa shape index (κ1) is 8.81. The zero-order chi connectivity index (χ0) is 8.77. The van der Waals surface area contributed by atoms with Gasteiger partial charge in [0.15, 0.2) is 0 Å². The lowest BCUT2D eigenvalue weighted by Gasteiger charge is -2.28. The number of fused-ring (bicyclic) bond motifs is 2. The number of methoxy groups -OCH3 is 1. The van der Waals surface area contributed by atoms with Gasteiger partial charge in [0.2, 0.25) is 0 Å². The van der Waals surface area contributed by atoms with Crippen molar-refractivity contribution in [2.75, 3.05) is 19.5 Å². The first-order valence-corrected chi connectivity index (χ1v) is 5.21. The number of aliphatic hydroxyl groups excluding tert-OH is 1. The van der Waals surface area contributed by atoms with Crippen LogP contribution >= 0.6 is 11.8 Å². The van der Waals surface area contributed by atoms with E-state index in [0.717, 1.165) is 5.75 Å². The molecule has 0 aromatic carbocycles. The minimum atomic E-state index is -0.413. The quantitative estimate of drug-likeness (QED) is 0.678. The third kappa shape index (κ3) is 0.954. The van der Waals surface area contributed by atoms with Crippen molar-refractivity contribution in [1.82, 2.24) is 0 Å². The summed E-state index contributed by atoms with van der Waals surface area (Å²) in [4.78, 5) is 0. The normalized spacial score (nSPS) is 51.8. The van der Waals surface area contributed by atoms with Crippen molar-refractivity contribution in [2.45, 2.75) is 30.0 Å². The van der Waals surface area contributed by atoms with Crippen LogP contribution in [0.5, 0.6) is 0 Å². The van der Waals surface area contributed by atoms with Crippen LogP contribution in [0.15, 0.2) is 0 Å². The predicted octanol–water partition coefficient (Wildman–Crippen LogP) is 0.267. The molecule has 0 aromatic heterocycles. The molecule has 3 nitrogen and oxygen atoms in total. The largest absolute Gasteiger partial charge is 0.393 e. The molecule has 70 valence electrons. The Morgan fingerprint density at radius 3 is 2.92 bits per heavy atom. The van der Waals surface area contributed by atoms with Gasteiger partial charge in [-0.25, -0.2) is 0 Å². The van der Waals surface area contributed by atoms with E-state index in [1.165, 1.54) is 0 Å². The topological polar surface area (TPSA) is 38.7 Å². The van der Waals surface area contributed by atoms with Crippen molar-refractivity contribution < 1.29 is 14.6 Å². The molecule has 2 fully saturated rings. The fourth-order valence-electron chi connectivity index (χ4n) is 2.15. The lowest BCUT2D eigenvalue weighted by Crippen LogP contribution is -2.44. The van der Waals surface area contributed by atoms with Crippen LogP contribution in [0.25, 0.3) is 0 Å². The molecule has 1 unspecified atom stereocenters. The van der Waals surface area contributed by atoms with Gasteiger partial charge >= 0.3 is 0 Å². The Labute approximate surface area is 76.4 Å². The second-order valence-electron chi connectivity index (χ2n) is 3.48. The Hall–Kier alpha value is 0.230. The molecule has 0 saturated carbocycles. The monoisotopic (exact) mass is 190 g/mol. The minimum absolute atomic E-state index is 0.0688. The smallest absolute Gasteiger partial charge is 0.128 e. The van der Waals surface area contributed by atoms with E-state index in [0.29, 0.717) is 5.25 Å². The fraction of sp³-hybridized carbons (Fsp3) is 1.00. The number of thioether (sulfide) groups is 1. The average molecular weight is 190 g/mol. The van der Waals surface area contributed by atoms with Gasteiger partial charge in [-0.05, 0) is 6.92 Å². The number of hydrogen-bond acceptors (Lipinski definition) is 4. The van der Waals surface area contributed by atoms with Crippen LogP contribution in [0, 0.1) is 0 Å². The maximum Gasteiger partial charge on any atom is 0.128 e. The van der Waals surface area contributed by atoms with Gasteiger partial charge in [-0.15, -0.1) is 11.8 Å². The van der Waals surface area contributed by atoms with Gasteiger partial charge < -0.3 is 14.6 Å². The Morgan fingerprint density at radius 1 is 1.75 bits per heavy atom. The molecule has 2 aliphatic rings. The molecule has 4 atom stereocenters. The van der Waals surface area contributed by atoms with E-state index in [-0.39, 0.29) is 18.8 Å². The highest BCUT2D eigenvalue weighted by molar-refractivity contribution is 8.00. The molecule has 4 heteroatoms. The van der Waals surface area contributed by atoms with Crippen molar-refractivity contribution >= 4 is 11.8 Å². The lowest BCUT2D eigenvalue weighted by molar-refractivity contribution is -0.0996. The highest BCUT2D eigenvalue weighted by Gasteiger charge is 2.59. The molecule has 0 amide bonds. The van der Waals surface area contributed by atoms with Crippen LogP contribution in [-0.4, -0.2) is 47.6 Å². The zero-order valence-electron chi connectivity index (χ0n) is 7.32. The summed E-state index contributed by atoms with van der Waals surface area (Å²) in [6.07, 6.45) is 0.281. The first-order valence-electron chi connectivity index (χ1n) is 4.16. The van der Waals surface area contributed by atoms with E-state index in [9.17, 15) is 5.11 Å². The van der Waals surface area contributed by atoms with E-state index in [2.05, 4.69) is 0 Å². The summed E-state index contributed by atoms with van der Waals surface area (Å²) in [5.74, 6) is 0.858. The van der Waals surface area contributed by atoms with E-state index in [1.807, 2.05) is 18.7 Å². The number of ether oxygens (including phenoxy) is 2. The van der Waals surface area contributed by atoms with Gasteiger partial charge in [-0.2, -0.15) is 0 Å². The number of hydrogen-bond donors (Lipinski definition) is 1. The van der Waals surface area contributed by atoms with Crippen LogP contribution in [0.4, 0.5) is 0 Å². The maximum absolute atomic E-state index is 9.24. The minimum Gasteiger partial charge on any atom is -0.393 e. The molecule has 12 heavy (non-hydrogen) atoms. The third-order valence-electron chi connectivity index (χ3n) is 2.74. The van der Waals surface area contributed by atoms with E-state index < -0.39 is 5.60 Å². The Morgan fingerprint density at radius 2 is 2.50 bits per heavy atom. The van der Waals surface area contributed by atoms with E-state index in [1.54, 1.807) is 7.11 Å². The van der Waals surface area contributed by atoms with Crippen molar-refractivity contribution in [3.63, 3.8) is 0 Å². The summed E-state index contributed by atoms with van der Waals surface area (Å²) in [5, 5.41) is 9.65. The Balaban J connectivity index is 2.23. The van der Waals surface area contributed by atoms with Crippen LogP contribution in [0.1, 0.15) is 6.92 Å². The van der Waals surface area contributed by atoms with Crippen molar-refractivity contribution in [1.29, 1.82) is 0 Å². The fourth-order valence-corrected chi connectivity index (χ4v) is 3.81. The molecule has 2 bridgehead atoms. The summed E-state index contributed by atoms with van der Waals surface area (Å²) in [7, 11) is 1.69. The molecular weight excluding hydrogens is 176 g/mol. The standard InChI is InChI=1S/C8H14O3S/c1-5-6-7(10-2)8(3-9,11-5)4-12-6/h5-7,9H,3-4H2,1-2H3/t5-,6?,7+,8+/m0/s1. The molecule has 2 heterocycles. The lowest BCUT2D eigenvalue weighted by atomic mass is 10.00. The molecular formula is C8H14O3S. The van der Waals surface area contributed by atoms with Gasteiger partial charge in [0.1, 0.15) is 11.7 Å². The second kappa shape index (κ2) is 2.87. The van der Waals surface area contributed by atoms with Gasteiger partial charge in [0, 0.05) is 12.9 Å². The molecule has 2 rings (SSSR count). The first-order chi connectivity index (χ1) is 5.73. The Kier molecular flexibility index (Phi) is 2.11. The predicted molar refractivity (Wildman–Crippen MR) is 47.4 cm³/mol. The third-order valence-corrected chi connectivity index (χ3v) is 4.41. The van der Waals surface area contributed by atoms with Gasteiger partial charge in [0.05, 0.1) is 18.0 Å². The van der Waals surface area contributed by atoms with Crippen LogP contribution in [0.3, 0.4) is 0 Å². The summed E-state index contributed by atoms with van der Waals surface area (Å²) in [6, 6.07) is 0. The summed E-state index contributed by atoms with van der Waals surface area (Å²) in [5.41, 5.74) is -0.413. The summed E-state index contributed by atoms with van der Waals surface area (Å²) < 4.78 is 11.1. The molecule has 0 radical (unpaired) electrons. The highest BCUT2D eigenvalue weighted by Crippen LogP contribution is 2.48. The molecule has 2 aliphatic heterocycles. The van der Waals surface area contributed by atoms with Gasteiger partial charge in [-0.3, -0.25) is 0 Å². The van der Waals surface area contributed by atoms with Crippen LogP contribution in [0.2, 0.25) is 0 Å². The van der Waals surface area contributed by atoms with Crippen LogP contribution < -0.4 is 0 Å². The van der Waals surface area contributed by atoms with E-state index >= 15 is 0 Å². The molecule has 0 aromatic rings.